The first-order valence-electron chi connectivity index (χ1n) is 14.8. The van der Waals surface area contributed by atoms with E-state index in [0.29, 0.717) is 49.1 Å². The zero-order valence-corrected chi connectivity index (χ0v) is 26.7. The van der Waals surface area contributed by atoms with E-state index in [-0.39, 0.29) is 50.7 Å². The first kappa shape index (κ1) is 31.8. The summed E-state index contributed by atoms with van der Waals surface area (Å²) < 4.78 is 45.7. The molecule has 2 aromatic carbocycles. The number of nitrogens with one attached hydrogen (secondary N) is 1. The lowest BCUT2D eigenvalue weighted by Crippen LogP contribution is -2.66. The van der Waals surface area contributed by atoms with E-state index in [2.05, 4.69) is 15.2 Å². The summed E-state index contributed by atoms with van der Waals surface area (Å²) in [6, 6.07) is 12.7. The average Bonchev–Trinajstić information content (AvgIpc) is 3.31. The van der Waals surface area contributed by atoms with Gasteiger partial charge in [0.15, 0.2) is 5.54 Å². The highest BCUT2D eigenvalue weighted by Crippen LogP contribution is 2.50. The van der Waals surface area contributed by atoms with Gasteiger partial charge in [-0.15, -0.1) is 0 Å². The highest BCUT2D eigenvalue weighted by molar-refractivity contribution is 7.93. The van der Waals surface area contributed by atoms with Crippen LogP contribution in [0.4, 0.5) is 10.5 Å². The van der Waals surface area contributed by atoms with Gasteiger partial charge in [-0.25, -0.2) is 18.2 Å². The van der Waals surface area contributed by atoms with Crippen LogP contribution in [0.2, 0.25) is 0 Å². The second-order valence-electron chi connectivity index (χ2n) is 11.3. The number of urea groups is 1. The molecular formula is C32H32N6O8S. The zero-order chi connectivity index (χ0) is 33.5. The third kappa shape index (κ3) is 5.19. The van der Waals surface area contributed by atoms with E-state index in [1.807, 2.05) is 6.07 Å². The Balaban J connectivity index is 1.47. The average molecular weight is 661 g/mol. The van der Waals surface area contributed by atoms with E-state index in [0.717, 1.165) is 0 Å². The third-order valence-corrected chi connectivity index (χ3v) is 10.6. The number of fused-ring (bicyclic) bond motifs is 1. The Morgan fingerprint density at radius 3 is 2.40 bits per heavy atom. The van der Waals surface area contributed by atoms with Gasteiger partial charge in [0.2, 0.25) is 5.88 Å². The first-order chi connectivity index (χ1) is 22.6. The summed E-state index contributed by atoms with van der Waals surface area (Å²) in [7, 11) is -0.652. The maximum absolute atomic E-state index is 14.9. The summed E-state index contributed by atoms with van der Waals surface area (Å²) >= 11 is 0. The molecule has 15 heteroatoms. The van der Waals surface area contributed by atoms with Crippen LogP contribution in [-0.4, -0.2) is 94.5 Å². The molecule has 4 heterocycles. The SMILES string of the molecule is COc1ccc(S(=O)(=O)N2C(=O)[C@@](NC(=O)N3CC(N4CCC(=O)CC4)C3)(c3cccnc3OC)c3cc(C#N)ccc32)c(OC)c1. The first-order valence-corrected chi connectivity index (χ1v) is 16.2. The number of rotatable bonds is 8. The minimum atomic E-state index is -4.70. The van der Waals surface area contributed by atoms with Crippen molar-refractivity contribution in [3.05, 3.63) is 71.4 Å². The van der Waals surface area contributed by atoms with Crippen molar-refractivity contribution in [2.24, 2.45) is 0 Å². The van der Waals surface area contributed by atoms with Gasteiger partial charge in [0.25, 0.3) is 15.9 Å². The maximum atomic E-state index is 14.9. The Morgan fingerprint density at radius 2 is 1.74 bits per heavy atom. The molecule has 1 aromatic heterocycles. The smallest absolute Gasteiger partial charge is 0.318 e. The van der Waals surface area contributed by atoms with Crippen molar-refractivity contribution in [1.29, 1.82) is 5.26 Å². The quantitative estimate of drug-likeness (QED) is 0.375. The lowest BCUT2D eigenvalue weighted by Gasteiger charge is -2.47. The van der Waals surface area contributed by atoms with Gasteiger partial charge in [0, 0.05) is 62.9 Å². The summed E-state index contributed by atoms with van der Waals surface area (Å²) in [4.78, 5) is 48.3. The zero-order valence-electron chi connectivity index (χ0n) is 25.9. The molecular weight excluding hydrogens is 628 g/mol. The van der Waals surface area contributed by atoms with E-state index in [1.54, 1.807) is 0 Å². The van der Waals surface area contributed by atoms with E-state index in [4.69, 9.17) is 14.2 Å². The van der Waals surface area contributed by atoms with Crippen LogP contribution in [0.25, 0.3) is 0 Å². The second kappa shape index (κ2) is 12.2. The van der Waals surface area contributed by atoms with Gasteiger partial charge in [-0.3, -0.25) is 14.5 Å². The highest BCUT2D eigenvalue weighted by atomic mass is 32.2. The van der Waals surface area contributed by atoms with Crippen molar-refractivity contribution in [1.82, 2.24) is 20.1 Å². The fourth-order valence-electron chi connectivity index (χ4n) is 6.30. The number of pyridine rings is 1. The van der Waals surface area contributed by atoms with Crippen LogP contribution in [0.5, 0.6) is 17.4 Å². The van der Waals surface area contributed by atoms with Crippen molar-refractivity contribution >= 4 is 33.4 Å². The number of anilines is 1. The van der Waals surface area contributed by atoms with Crippen LogP contribution in [0, 0.1) is 11.3 Å². The molecule has 0 unspecified atom stereocenters. The molecule has 3 aromatic rings. The summed E-state index contributed by atoms with van der Waals surface area (Å²) in [5.41, 5.74) is -2.00. The number of methoxy groups -OCH3 is 3. The fraction of sp³-hybridized carbons (Fsp3) is 0.344. The third-order valence-electron chi connectivity index (χ3n) is 8.83. The molecule has 244 valence electrons. The minimum Gasteiger partial charge on any atom is -0.497 e. The molecule has 0 radical (unpaired) electrons. The van der Waals surface area contributed by atoms with Crippen LogP contribution >= 0.6 is 0 Å². The van der Waals surface area contributed by atoms with Crippen molar-refractivity contribution in [2.45, 2.75) is 29.3 Å². The lowest BCUT2D eigenvalue weighted by molar-refractivity contribution is -0.122. The Hall–Kier alpha value is -5.20. The van der Waals surface area contributed by atoms with Gasteiger partial charge in [0.1, 0.15) is 22.2 Å². The number of piperidine rings is 1. The summed E-state index contributed by atoms with van der Waals surface area (Å²) in [5, 5.41) is 12.7. The van der Waals surface area contributed by atoms with Crippen LogP contribution in [-0.2, 0) is 25.2 Å². The monoisotopic (exact) mass is 660 g/mol. The number of ether oxygens (including phenoxy) is 3. The molecule has 0 saturated carbocycles. The summed E-state index contributed by atoms with van der Waals surface area (Å²) in [6.45, 7) is 1.90. The number of amides is 3. The molecule has 14 nitrogen and oxygen atoms in total. The van der Waals surface area contributed by atoms with E-state index in [1.165, 1.54) is 81.0 Å². The molecule has 0 spiro atoms. The number of carbonyl (C=O) groups excluding carboxylic acids is 3. The number of likely N-dealkylation sites (tertiary alicyclic amines) is 2. The Morgan fingerprint density at radius 1 is 1.00 bits per heavy atom. The number of aromatic nitrogens is 1. The Kier molecular flexibility index (Phi) is 8.24. The van der Waals surface area contributed by atoms with Crippen LogP contribution in [0.15, 0.2) is 59.6 Å². The largest absolute Gasteiger partial charge is 0.497 e. The van der Waals surface area contributed by atoms with Gasteiger partial charge in [-0.05, 0) is 42.5 Å². The number of nitrogens with zero attached hydrogens (tertiary/aromatic N) is 5. The van der Waals surface area contributed by atoms with E-state index < -0.39 is 27.5 Å². The summed E-state index contributed by atoms with van der Waals surface area (Å²) in [6.07, 6.45) is 2.36. The predicted molar refractivity (Wildman–Crippen MR) is 167 cm³/mol. The van der Waals surface area contributed by atoms with Crippen LogP contribution in [0.1, 0.15) is 29.5 Å². The molecule has 3 aliphatic rings. The number of benzene rings is 2. The fourth-order valence-corrected chi connectivity index (χ4v) is 7.91. The molecule has 0 aliphatic carbocycles. The molecule has 1 N–H and O–H groups in total. The van der Waals surface area contributed by atoms with Gasteiger partial charge in [0.05, 0.1) is 44.2 Å². The van der Waals surface area contributed by atoms with E-state index >= 15 is 0 Å². The van der Waals surface area contributed by atoms with E-state index in [9.17, 15) is 28.1 Å². The number of ketones is 1. The number of sulfonamides is 1. The van der Waals surface area contributed by atoms with Crippen molar-refractivity contribution in [2.75, 3.05) is 51.8 Å². The predicted octanol–water partition coefficient (Wildman–Crippen LogP) is 2.02. The molecule has 2 saturated heterocycles. The Bertz CT molecular complexity index is 1910. The summed E-state index contributed by atoms with van der Waals surface area (Å²) in [5.74, 6) is -0.594. The molecule has 3 amide bonds. The molecule has 2 fully saturated rings. The molecule has 47 heavy (non-hydrogen) atoms. The van der Waals surface area contributed by atoms with Gasteiger partial charge in [-0.2, -0.15) is 9.57 Å². The number of nitriles is 1. The number of carbonyl (C=O) groups is 3. The van der Waals surface area contributed by atoms with Crippen molar-refractivity contribution in [3.63, 3.8) is 0 Å². The number of Topliss-reactive ketones (excluding diaryl/α,β-unsaturated/α-hetero) is 1. The van der Waals surface area contributed by atoms with Crippen LogP contribution < -0.4 is 23.8 Å². The lowest BCUT2D eigenvalue weighted by atomic mass is 9.83. The standard InChI is InChI=1S/C32H32N6O8S/c1-44-23-7-9-28(27(16-23)45-2)47(42,43)38-26-8-6-20(17-33)15-25(26)32(30(38)40,24-5-4-12-34-29(24)46-3)35-31(41)37-18-21(19-37)36-13-10-22(39)11-14-36/h4-9,12,15-16,21H,10-11,13-14,18-19H2,1-3H3,(H,35,41)/t32-/m1/s1. The minimum absolute atomic E-state index is 0.0322. The molecule has 0 bridgehead atoms. The Labute approximate surface area is 271 Å². The molecule has 1 atom stereocenters. The number of hydrogen-bond donors (Lipinski definition) is 1. The maximum Gasteiger partial charge on any atom is 0.318 e. The van der Waals surface area contributed by atoms with Gasteiger partial charge >= 0.3 is 6.03 Å². The topological polar surface area (TPSA) is 171 Å². The highest BCUT2D eigenvalue weighted by Gasteiger charge is 2.59. The van der Waals surface area contributed by atoms with Gasteiger partial charge < -0.3 is 24.4 Å². The normalized spacial score (nSPS) is 19.9. The number of hydrogen-bond acceptors (Lipinski definition) is 11. The van der Waals surface area contributed by atoms with Crippen molar-refractivity contribution < 1.29 is 37.0 Å². The van der Waals surface area contributed by atoms with Crippen molar-refractivity contribution in [3.8, 4) is 23.4 Å². The van der Waals surface area contributed by atoms with Crippen LogP contribution in [0.3, 0.4) is 0 Å². The van der Waals surface area contributed by atoms with Gasteiger partial charge in [-0.1, -0.05) is 0 Å². The second-order valence-corrected chi connectivity index (χ2v) is 13.1. The molecule has 6 rings (SSSR count). The molecule has 3 aliphatic heterocycles.